The highest BCUT2D eigenvalue weighted by molar-refractivity contribution is 4.77. The molecule has 1 aliphatic rings. The van der Waals surface area contributed by atoms with E-state index in [1.807, 2.05) is 0 Å². The second-order valence-electron chi connectivity index (χ2n) is 4.47. The van der Waals surface area contributed by atoms with Crippen LogP contribution in [0.4, 0.5) is 0 Å². The van der Waals surface area contributed by atoms with E-state index >= 15 is 0 Å². The molecule has 0 amide bonds. The van der Waals surface area contributed by atoms with Gasteiger partial charge in [-0.05, 0) is 45.3 Å². The lowest BCUT2D eigenvalue weighted by Gasteiger charge is -2.28. The highest BCUT2D eigenvalue weighted by atomic mass is 15.2. The van der Waals surface area contributed by atoms with Crippen LogP contribution in [0.5, 0.6) is 0 Å². The molecule has 0 spiro atoms. The van der Waals surface area contributed by atoms with Crippen LogP contribution in [0.2, 0.25) is 0 Å². The minimum atomic E-state index is 0.843. The highest BCUT2D eigenvalue weighted by Crippen LogP contribution is 2.23. The number of rotatable bonds is 7. The summed E-state index contributed by atoms with van der Waals surface area (Å²) < 4.78 is 0. The first-order chi connectivity index (χ1) is 6.88. The number of nitrogens with two attached hydrogens (primary N) is 1. The predicted molar refractivity (Wildman–Crippen MR) is 62.4 cm³/mol. The van der Waals surface area contributed by atoms with Gasteiger partial charge in [-0.3, -0.25) is 0 Å². The Balaban J connectivity index is 2.26. The van der Waals surface area contributed by atoms with Crippen molar-refractivity contribution in [1.82, 2.24) is 4.90 Å². The maximum Gasteiger partial charge on any atom is 0.00952 e. The van der Waals surface area contributed by atoms with Crippen molar-refractivity contribution in [2.24, 2.45) is 5.73 Å². The standard InChI is InChI=1S/C12H26N2/c1-2-3-10-14(11-6-9-13)12-7-4-5-8-12/h12H,2-11,13H2,1H3. The first-order valence-electron chi connectivity index (χ1n) is 6.32. The summed E-state index contributed by atoms with van der Waals surface area (Å²) >= 11 is 0. The van der Waals surface area contributed by atoms with Crippen molar-refractivity contribution >= 4 is 0 Å². The molecule has 1 fully saturated rings. The topological polar surface area (TPSA) is 29.3 Å². The quantitative estimate of drug-likeness (QED) is 0.680. The summed E-state index contributed by atoms with van der Waals surface area (Å²) in [4.78, 5) is 2.68. The smallest absolute Gasteiger partial charge is 0.00952 e. The van der Waals surface area contributed by atoms with E-state index in [-0.39, 0.29) is 0 Å². The average Bonchev–Trinajstić information content (AvgIpc) is 2.71. The minimum Gasteiger partial charge on any atom is -0.330 e. The Hall–Kier alpha value is -0.0800. The van der Waals surface area contributed by atoms with Gasteiger partial charge >= 0.3 is 0 Å². The van der Waals surface area contributed by atoms with Crippen LogP contribution in [0.25, 0.3) is 0 Å². The minimum absolute atomic E-state index is 0.843. The highest BCUT2D eigenvalue weighted by Gasteiger charge is 2.21. The molecular weight excluding hydrogens is 172 g/mol. The van der Waals surface area contributed by atoms with Crippen LogP contribution in [0.3, 0.4) is 0 Å². The lowest BCUT2D eigenvalue weighted by atomic mass is 10.2. The lowest BCUT2D eigenvalue weighted by molar-refractivity contribution is 0.194. The number of unbranched alkanes of at least 4 members (excludes halogenated alkanes) is 1. The molecule has 2 heteroatoms. The van der Waals surface area contributed by atoms with Gasteiger partial charge in [-0.25, -0.2) is 0 Å². The van der Waals surface area contributed by atoms with Crippen LogP contribution in [0.1, 0.15) is 51.9 Å². The van der Waals surface area contributed by atoms with E-state index < -0.39 is 0 Å². The molecule has 1 saturated carbocycles. The SMILES string of the molecule is CCCCN(CCCN)C1CCCC1. The van der Waals surface area contributed by atoms with Gasteiger partial charge in [0.2, 0.25) is 0 Å². The Labute approximate surface area is 88.8 Å². The van der Waals surface area contributed by atoms with Gasteiger partial charge in [0.05, 0.1) is 0 Å². The molecule has 84 valence electrons. The fourth-order valence-corrected chi connectivity index (χ4v) is 2.40. The van der Waals surface area contributed by atoms with Crippen molar-refractivity contribution in [1.29, 1.82) is 0 Å². The van der Waals surface area contributed by atoms with Gasteiger partial charge in [-0.15, -0.1) is 0 Å². The third-order valence-corrected chi connectivity index (χ3v) is 3.29. The van der Waals surface area contributed by atoms with Crippen molar-refractivity contribution in [3.8, 4) is 0 Å². The lowest BCUT2D eigenvalue weighted by Crippen LogP contribution is -2.35. The van der Waals surface area contributed by atoms with Crippen LogP contribution in [0, 0.1) is 0 Å². The Morgan fingerprint density at radius 2 is 1.79 bits per heavy atom. The Bertz CT molecular complexity index is 122. The summed E-state index contributed by atoms with van der Waals surface area (Å²) in [6.07, 6.45) is 9.56. The summed E-state index contributed by atoms with van der Waals surface area (Å²) in [5.41, 5.74) is 5.58. The summed E-state index contributed by atoms with van der Waals surface area (Å²) in [5.74, 6) is 0. The van der Waals surface area contributed by atoms with E-state index in [9.17, 15) is 0 Å². The summed E-state index contributed by atoms with van der Waals surface area (Å²) in [7, 11) is 0. The van der Waals surface area contributed by atoms with Gasteiger partial charge in [-0.2, -0.15) is 0 Å². The molecule has 0 radical (unpaired) electrons. The summed E-state index contributed by atoms with van der Waals surface area (Å²) in [6.45, 7) is 5.63. The van der Waals surface area contributed by atoms with Crippen molar-refractivity contribution in [3.05, 3.63) is 0 Å². The van der Waals surface area contributed by atoms with Crippen molar-refractivity contribution in [2.75, 3.05) is 19.6 Å². The predicted octanol–water partition coefficient (Wildman–Crippen LogP) is 2.38. The first-order valence-corrected chi connectivity index (χ1v) is 6.32. The van der Waals surface area contributed by atoms with Crippen LogP contribution in [0.15, 0.2) is 0 Å². The molecule has 0 aliphatic heterocycles. The van der Waals surface area contributed by atoms with Crippen molar-refractivity contribution in [2.45, 2.75) is 57.9 Å². The summed E-state index contributed by atoms with van der Waals surface area (Å²) in [6, 6.07) is 0.882. The van der Waals surface area contributed by atoms with E-state index in [0.717, 1.165) is 12.6 Å². The molecule has 0 aromatic heterocycles. The van der Waals surface area contributed by atoms with Gasteiger partial charge in [0.15, 0.2) is 0 Å². The zero-order chi connectivity index (χ0) is 10.2. The molecular formula is C12H26N2. The molecule has 0 bridgehead atoms. The van der Waals surface area contributed by atoms with Crippen LogP contribution < -0.4 is 5.73 Å². The van der Waals surface area contributed by atoms with E-state index in [2.05, 4.69) is 11.8 Å². The Morgan fingerprint density at radius 3 is 2.36 bits per heavy atom. The normalized spacial score (nSPS) is 18.2. The zero-order valence-corrected chi connectivity index (χ0v) is 9.67. The second kappa shape index (κ2) is 7.24. The average molecular weight is 198 g/mol. The van der Waals surface area contributed by atoms with Crippen LogP contribution in [-0.2, 0) is 0 Å². The molecule has 0 saturated heterocycles. The third-order valence-electron chi connectivity index (χ3n) is 3.29. The van der Waals surface area contributed by atoms with Crippen LogP contribution in [-0.4, -0.2) is 30.6 Å². The second-order valence-corrected chi connectivity index (χ2v) is 4.47. The van der Waals surface area contributed by atoms with E-state index in [0.29, 0.717) is 0 Å². The Morgan fingerprint density at radius 1 is 1.14 bits per heavy atom. The van der Waals surface area contributed by atoms with E-state index in [4.69, 9.17) is 5.73 Å². The van der Waals surface area contributed by atoms with Crippen molar-refractivity contribution < 1.29 is 0 Å². The van der Waals surface area contributed by atoms with Gasteiger partial charge in [-0.1, -0.05) is 26.2 Å². The zero-order valence-electron chi connectivity index (χ0n) is 9.67. The number of hydrogen-bond acceptors (Lipinski definition) is 2. The monoisotopic (exact) mass is 198 g/mol. The maximum atomic E-state index is 5.58. The Kier molecular flexibility index (Phi) is 6.20. The number of nitrogens with zero attached hydrogens (tertiary/aromatic N) is 1. The van der Waals surface area contributed by atoms with Gasteiger partial charge in [0.25, 0.3) is 0 Å². The molecule has 0 aromatic carbocycles. The van der Waals surface area contributed by atoms with E-state index in [1.54, 1.807) is 0 Å². The molecule has 2 N–H and O–H groups in total. The first kappa shape index (κ1) is 12.0. The molecule has 2 nitrogen and oxygen atoms in total. The molecule has 14 heavy (non-hydrogen) atoms. The molecule has 0 aromatic rings. The molecule has 0 unspecified atom stereocenters. The fourth-order valence-electron chi connectivity index (χ4n) is 2.40. The van der Waals surface area contributed by atoms with Crippen LogP contribution >= 0.6 is 0 Å². The largest absolute Gasteiger partial charge is 0.330 e. The van der Waals surface area contributed by atoms with E-state index in [1.165, 1.54) is 58.0 Å². The van der Waals surface area contributed by atoms with Gasteiger partial charge in [0.1, 0.15) is 0 Å². The molecule has 0 heterocycles. The van der Waals surface area contributed by atoms with Crippen molar-refractivity contribution in [3.63, 3.8) is 0 Å². The maximum absolute atomic E-state index is 5.58. The number of hydrogen-bond donors (Lipinski definition) is 1. The third kappa shape index (κ3) is 3.97. The molecule has 0 atom stereocenters. The van der Waals surface area contributed by atoms with Gasteiger partial charge in [0, 0.05) is 6.04 Å². The molecule has 1 aliphatic carbocycles. The van der Waals surface area contributed by atoms with Gasteiger partial charge < -0.3 is 10.6 Å². The fraction of sp³-hybridized carbons (Fsp3) is 1.00. The summed E-state index contributed by atoms with van der Waals surface area (Å²) in [5, 5.41) is 0. The molecule has 1 rings (SSSR count).